The monoisotopic (exact) mass is 437 g/mol. The van der Waals surface area contributed by atoms with Gasteiger partial charge in [0.25, 0.3) is 0 Å². The van der Waals surface area contributed by atoms with E-state index >= 15 is 0 Å². The Kier molecular flexibility index (Phi) is 7.22. The van der Waals surface area contributed by atoms with Crippen LogP contribution in [0.5, 0.6) is 5.75 Å². The quantitative estimate of drug-likeness (QED) is 0.563. The minimum Gasteiger partial charge on any atom is -0.410 e. The summed E-state index contributed by atoms with van der Waals surface area (Å²) in [6, 6.07) is 11.8. The Labute approximate surface area is 186 Å². The Morgan fingerprint density at radius 3 is 2.65 bits per heavy atom. The average Bonchev–Trinajstić information content (AvgIpc) is 3.32. The predicted molar refractivity (Wildman–Crippen MR) is 121 cm³/mol. The molecule has 1 saturated heterocycles. The summed E-state index contributed by atoms with van der Waals surface area (Å²) >= 11 is 1.66. The molecule has 1 fully saturated rings. The second-order valence-corrected chi connectivity index (χ2v) is 8.86. The van der Waals surface area contributed by atoms with Gasteiger partial charge in [-0.1, -0.05) is 30.0 Å². The Bertz CT molecular complexity index is 942. The lowest BCUT2D eigenvalue weighted by atomic mass is 10.1. The summed E-state index contributed by atoms with van der Waals surface area (Å²) in [7, 11) is 0. The predicted octanol–water partition coefficient (Wildman–Crippen LogP) is 4.02. The number of ether oxygens (including phenoxy) is 1. The first kappa shape index (κ1) is 21.4. The van der Waals surface area contributed by atoms with Crippen molar-refractivity contribution < 1.29 is 9.53 Å². The first-order valence-electron chi connectivity index (χ1n) is 10.5. The van der Waals surface area contributed by atoms with Crippen LogP contribution < -0.4 is 4.74 Å². The fourth-order valence-electron chi connectivity index (χ4n) is 3.51. The maximum absolute atomic E-state index is 12.5. The number of aromatic nitrogens is 3. The largest absolute Gasteiger partial charge is 0.415 e. The van der Waals surface area contributed by atoms with Crippen molar-refractivity contribution >= 4 is 17.9 Å². The van der Waals surface area contributed by atoms with Crippen LogP contribution in [0.4, 0.5) is 4.79 Å². The van der Waals surface area contributed by atoms with Crippen LogP contribution in [0, 0.1) is 0 Å². The van der Waals surface area contributed by atoms with Crippen LogP contribution in [0.25, 0.3) is 0 Å². The molecular weight excluding hydrogens is 410 g/mol. The third kappa shape index (κ3) is 6.08. The zero-order valence-electron chi connectivity index (χ0n) is 17.6. The van der Waals surface area contributed by atoms with Gasteiger partial charge in [0, 0.05) is 62.8 Å². The minimum atomic E-state index is -0.280. The molecule has 1 aromatic carbocycles. The molecule has 2 aromatic heterocycles. The molecule has 3 heterocycles. The molecule has 162 valence electrons. The highest BCUT2D eigenvalue weighted by Crippen LogP contribution is 2.33. The van der Waals surface area contributed by atoms with Gasteiger partial charge in [-0.25, -0.2) is 9.78 Å². The number of imidazole rings is 1. The van der Waals surface area contributed by atoms with Gasteiger partial charge in [0.15, 0.2) is 5.16 Å². The van der Waals surface area contributed by atoms with Gasteiger partial charge in [0.05, 0.1) is 0 Å². The highest BCUT2D eigenvalue weighted by Gasteiger charge is 2.22. The Morgan fingerprint density at radius 1 is 1.16 bits per heavy atom. The number of H-pyrrole nitrogens is 1. The number of carbonyl (C=O) groups excluding carboxylic acids is 1. The molecule has 1 N–H and O–H groups in total. The SMILES string of the molecule is CC(Sc1ncc[nH]1)c1ccc(OC(=O)N2CCN(CCc3cccnc3)CC2)cc1. The second kappa shape index (κ2) is 10.5. The van der Waals surface area contributed by atoms with Crippen LogP contribution in [0.2, 0.25) is 0 Å². The van der Waals surface area contributed by atoms with Crippen molar-refractivity contribution in [3.05, 3.63) is 72.3 Å². The number of aromatic amines is 1. The molecule has 1 aliphatic heterocycles. The van der Waals surface area contributed by atoms with Crippen molar-refractivity contribution in [2.24, 2.45) is 0 Å². The van der Waals surface area contributed by atoms with E-state index in [-0.39, 0.29) is 11.3 Å². The maximum atomic E-state index is 12.5. The number of rotatable bonds is 7. The van der Waals surface area contributed by atoms with Crippen LogP contribution in [0.1, 0.15) is 23.3 Å². The topological polar surface area (TPSA) is 74.3 Å². The number of nitrogens with one attached hydrogen (secondary N) is 1. The molecule has 4 rings (SSSR count). The maximum Gasteiger partial charge on any atom is 0.415 e. The summed E-state index contributed by atoms with van der Waals surface area (Å²) in [4.78, 5) is 28.2. The molecule has 0 aliphatic carbocycles. The van der Waals surface area contributed by atoms with Gasteiger partial charge in [0.2, 0.25) is 0 Å². The first-order valence-corrected chi connectivity index (χ1v) is 11.4. The molecule has 0 radical (unpaired) electrons. The van der Waals surface area contributed by atoms with Crippen LogP contribution in [-0.2, 0) is 6.42 Å². The molecule has 1 aliphatic rings. The molecule has 8 heteroatoms. The number of pyridine rings is 1. The highest BCUT2D eigenvalue weighted by atomic mass is 32.2. The van der Waals surface area contributed by atoms with Gasteiger partial charge < -0.3 is 14.6 Å². The van der Waals surface area contributed by atoms with E-state index in [1.165, 1.54) is 5.56 Å². The number of piperazine rings is 1. The molecule has 1 unspecified atom stereocenters. The van der Waals surface area contributed by atoms with Gasteiger partial charge in [-0.05, 0) is 42.7 Å². The van der Waals surface area contributed by atoms with Crippen LogP contribution >= 0.6 is 11.8 Å². The van der Waals surface area contributed by atoms with E-state index in [4.69, 9.17) is 4.74 Å². The zero-order chi connectivity index (χ0) is 21.5. The van der Waals surface area contributed by atoms with E-state index in [1.807, 2.05) is 42.7 Å². The lowest BCUT2D eigenvalue weighted by Gasteiger charge is -2.34. The lowest BCUT2D eigenvalue weighted by molar-refractivity contribution is 0.111. The van der Waals surface area contributed by atoms with Gasteiger partial charge >= 0.3 is 6.09 Å². The van der Waals surface area contributed by atoms with Gasteiger partial charge in [-0.3, -0.25) is 9.88 Å². The number of amides is 1. The zero-order valence-corrected chi connectivity index (χ0v) is 18.4. The number of hydrogen-bond donors (Lipinski definition) is 1. The average molecular weight is 438 g/mol. The number of carbonyl (C=O) groups is 1. The molecule has 0 spiro atoms. The standard InChI is InChI=1S/C23H27N5O2S/c1-18(31-22-25-10-11-26-22)20-4-6-21(7-5-20)30-23(29)28-15-13-27(14-16-28)12-8-19-3-2-9-24-17-19/h2-7,9-11,17-18H,8,12-16H2,1H3,(H,25,26). The van der Waals surface area contributed by atoms with E-state index in [0.29, 0.717) is 18.8 Å². The van der Waals surface area contributed by atoms with Gasteiger partial charge in [0.1, 0.15) is 5.75 Å². The summed E-state index contributed by atoms with van der Waals surface area (Å²) < 4.78 is 5.59. The number of nitrogens with zero attached hydrogens (tertiary/aromatic N) is 4. The van der Waals surface area contributed by atoms with E-state index in [1.54, 1.807) is 29.1 Å². The van der Waals surface area contributed by atoms with E-state index in [0.717, 1.165) is 36.8 Å². The van der Waals surface area contributed by atoms with E-state index in [2.05, 4.69) is 32.8 Å². The second-order valence-electron chi connectivity index (χ2n) is 7.53. The number of benzene rings is 1. The summed E-state index contributed by atoms with van der Waals surface area (Å²) in [6.45, 7) is 6.18. The first-order chi connectivity index (χ1) is 15.2. The van der Waals surface area contributed by atoms with Gasteiger partial charge in [-0.15, -0.1) is 0 Å². The summed E-state index contributed by atoms with van der Waals surface area (Å²) in [6.07, 6.45) is 7.97. The lowest BCUT2D eigenvalue weighted by Crippen LogP contribution is -2.49. The van der Waals surface area contributed by atoms with Crippen LogP contribution in [0.15, 0.2) is 66.3 Å². The molecule has 1 atom stereocenters. The Morgan fingerprint density at radius 2 is 1.97 bits per heavy atom. The van der Waals surface area contributed by atoms with Crippen molar-refractivity contribution in [2.75, 3.05) is 32.7 Å². The van der Waals surface area contributed by atoms with Crippen LogP contribution in [-0.4, -0.2) is 63.6 Å². The third-order valence-corrected chi connectivity index (χ3v) is 6.46. The molecule has 31 heavy (non-hydrogen) atoms. The summed E-state index contributed by atoms with van der Waals surface area (Å²) in [5.74, 6) is 0.572. The van der Waals surface area contributed by atoms with Crippen molar-refractivity contribution in [3.8, 4) is 5.75 Å². The van der Waals surface area contributed by atoms with E-state index < -0.39 is 0 Å². The van der Waals surface area contributed by atoms with Crippen molar-refractivity contribution in [1.29, 1.82) is 0 Å². The Balaban J connectivity index is 1.21. The normalized spacial score (nSPS) is 15.6. The Hall–Kier alpha value is -2.84. The molecule has 7 nitrogen and oxygen atoms in total. The number of thioether (sulfide) groups is 1. The third-order valence-electron chi connectivity index (χ3n) is 5.39. The molecule has 0 saturated carbocycles. The fraction of sp³-hybridized carbons (Fsp3) is 0.348. The number of hydrogen-bond acceptors (Lipinski definition) is 6. The molecule has 0 bridgehead atoms. The molecule has 3 aromatic rings. The smallest absolute Gasteiger partial charge is 0.410 e. The van der Waals surface area contributed by atoms with Gasteiger partial charge in [-0.2, -0.15) is 0 Å². The summed E-state index contributed by atoms with van der Waals surface area (Å²) in [5.41, 5.74) is 2.40. The van der Waals surface area contributed by atoms with Crippen molar-refractivity contribution in [1.82, 2.24) is 24.8 Å². The summed E-state index contributed by atoms with van der Waals surface area (Å²) in [5, 5.41) is 1.14. The highest BCUT2D eigenvalue weighted by molar-refractivity contribution is 7.99. The minimum absolute atomic E-state index is 0.246. The van der Waals surface area contributed by atoms with Crippen molar-refractivity contribution in [3.63, 3.8) is 0 Å². The fourth-order valence-corrected chi connectivity index (χ4v) is 4.40. The van der Waals surface area contributed by atoms with Crippen LogP contribution in [0.3, 0.4) is 0 Å². The van der Waals surface area contributed by atoms with E-state index in [9.17, 15) is 4.79 Å². The molecule has 1 amide bonds. The van der Waals surface area contributed by atoms with Crippen molar-refractivity contribution in [2.45, 2.75) is 23.8 Å². The molecular formula is C23H27N5O2S.